The molecule has 0 fully saturated rings. The summed E-state index contributed by atoms with van der Waals surface area (Å²) in [7, 11) is 0. The van der Waals surface area contributed by atoms with Gasteiger partial charge in [-0.2, -0.15) is 9.61 Å². The van der Waals surface area contributed by atoms with E-state index in [0.717, 1.165) is 0 Å². The highest BCUT2D eigenvalue weighted by molar-refractivity contribution is 6.35. The largest absolute Gasteiger partial charge is 0.382 e. The fourth-order valence-corrected chi connectivity index (χ4v) is 1.39. The number of aromatic nitrogens is 3. The Morgan fingerprint density at radius 2 is 2.17 bits per heavy atom. The Morgan fingerprint density at radius 1 is 1.42 bits per heavy atom. The Labute approximate surface area is 77.9 Å². The van der Waals surface area contributed by atoms with Crippen LogP contribution in [0.25, 0.3) is 5.65 Å². The second-order valence-corrected chi connectivity index (χ2v) is 3.03. The van der Waals surface area contributed by atoms with E-state index in [4.69, 9.17) is 28.9 Å². The van der Waals surface area contributed by atoms with Crippen molar-refractivity contribution in [2.45, 2.75) is 0 Å². The van der Waals surface area contributed by atoms with Gasteiger partial charge in [0.25, 0.3) is 0 Å². The van der Waals surface area contributed by atoms with E-state index in [2.05, 4.69) is 10.1 Å². The predicted molar refractivity (Wildman–Crippen MR) is 47.4 cm³/mol. The van der Waals surface area contributed by atoms with Crippen LogP contribution in [0.2, 0.25) is 10.2 Å². The molecule has 0 aliphatic heterocycles. The molecule has 0 amide bonds. The van der Waals surface area contributed by atoms with Gasteiger partial charge in [-0.05, 0) is 6.07 Å². The summed E-state index contributed by atoms with van der Waals surface area (Å²) in [4.78, 5) is 3.94. The molecule has 2 heterocycles. The van der Waals surface area contributed by atoms with Crippen LogP contribution in [0, 0.1) is 0 Å². The SMILES string of the molecule is Nc1cnc2c(Cl)cc(Cl)nn12. The minimum Gasteiger partial charge on any atom is -0.382 e. The van der Waals surface area contributed by atoms with Gasteiger partial charge >= 0.3 is 0 Å². The number of halogens is 2. The van der Waals surface area contributed by atoms with Crippen molar-refractivity contribution in [1.82, 2.24) is 14.6 Å². The first-order valence-corrected chi connectivity index (χ1v) is 3.89. The van der Waals surface area contributed by atoms with Gasteiger partial charge in [-0.3, -0.25) is 0 Å². The van der Waals surface area contributed by atoms with Gasteiger partial charge in [0.05, 0.1) is 11.2 Å². The highest BCUT2D eigenvalue weighted by Gasteiger charge is 2.06. The Morgan fingerprint density at radius 3 is 2.92 bits per heavy atom. The topological polar surface area (TPSA) is 56.2 Å². The highest BCUT2D eigenvalue weighted by atomic mass is 35.5. The standard InChI is InChI=1S/C6H4Cl2N4/c7-3-1-4(8)11-12-5(9)2-10-6(3)12/h1-2H,9H2. The van der Waals surface area contributed by atoms with Crippen LogP contribution >= 0.6 is 23.2 Å². The van der Waals surface area contributed by atoms with Crippen LogP contribution in [0.1, 0.15) is 0 Å². The molecule has 62 valence electrons. The van der Waals surface area contributed by atoms with Gasteiger partial charge < -0.3 is 5.73 Å². The average molecular weight is 203 g/mol. The van der Waals surface area contributed by atoms with E-state index in [9.17, 15) is 0 Å². The van der Waals surface area contributed by atoms with E-state index in [-0.39, 0.29) is 5.15 Å². The number of anilines is 1. The monoisotopic (exact) mass is 202 g/mol. The zero-order valence-electron chi connectivity index (χ0n) is 5.83. The summed E-state index contributed by atoms with van der Waals surface area (Å²) >= 11 is 11.5. The molecule has 0 spiro atoms. The van der Waals surface area contributed by atoms with Crippen LogP contribution in [0.3, 0.4) is 0 Å². The minimum atomic E-state index is 0.289. The lowest BCUT2D eigenvalue weighted by molar-refractivity contribution is 0.947. The molecule has 0 atom stereocenters. The van der Waals surface area contributed by atoms with E-state index in [0.29, 0.717) is 16.5 Å². The van der Waals surface area contributed by atoms with Crippen molar-refractivity contribution >= 4 is 34.7 Å². The van der Waals surface area contributed by atoms with Crippen molar-refractivity contribution in [3.63, 3.8) is 0 Å². The molecular weight excluding hydrogens is 199 g/mol. The van der Waals surface area contributed by atoms with Gasteiger partial charge in [-0.1, -0.05) is 23.2 Å². The van der Waals surface area contributed by atoms with Gasteiger partial charge in [0, 0.05) is 0 Å². The van der Waals surface area contributed by atoms with E-state index < -0.39 is 0 Å². The maximum Gasteiger partial charge on any atom is 0.174 e. The van der Waals surface area contributed by atoms with Gasteiger partial charge in [0.2, 0.25) is 0 Å². The van der Waals surface area contributed by atoms with Crippen LogP contribution in [0.4, 0.5) is 5.82 Å². The first-order valence-electron chi connectivity index (χ1n) is 3.14. The summed E-state index contributed by atoms with van der Waals surface area (Å²) < 4.78 is 1.39. The molecule has 2 aromatic rings. The summed E-state index contributed by atoms with van der Waals surface area (Å²) in [5, 5.41) is 4.63. The lowest BCUT2D eigenvalue weighted by Crippen LogP contribution is -1.97. The Bertz CT molecular complexity index is 436. The number of hydrogen-bond donors (Lipinski definition) is 1. The van der Waals surface area contributed by atoms with Gasteiger partial charge in [-0.25, -0.2) is 4.98 Å². The van der Waals surface area contributed by atoms with Crippen molar-refractivity contribution in [2.75, 3.05) is 5.73 Å². The van der Waals surface area contributed by atoms with Crippen LogP contribution in [-0.2, 0) is 0 Å². The summed E-state index contributed by atoms with van der Waals surface area (Å²) in [5.74, 6) is 0.411. The molecule has 0 aliphatic rings. The Kier molecular flexibility index (Phi) is 1.59. The third-order valence-corrected chi connectivity index (χ3v) is 1.88. The third kappa shape index (κ3) is 1.00. The fraction of sp³-hybridized carbons (Fsp3) is 0. The molecular formula is C6H4Cl2N4. The van der Waals surface area contributed by atoms with Gasteiger partial charge in [0.1, 0.15) is 5.82 Å². The number of fused-ring (bicyclic) bond motifs is 1. The first kappa shape index (κ1) is 7.64. The summed E-state index contributed by atoms with van der Waals surface area (Å²) in [6, 6.07) is 1.52. The van der Waals surface area contributed by atoms with E-state index in [1.807, 2.05) is 0 Å². The number of nitrogens with zero attached hydrogens (tertiary/aromatic N) is 3. The number of nitrogens with two attached hydrogens (primary N) is 1. The third-order valence-electron chi connectivity index (χ3n) is 1.42. The summed E-state index contributed by atoms with van der Waals surface area (Å²) in [6.07, 6.45) is 1.48. The van der Waals surface area contributed by atoms with E-state index >= 15 is 0 Å². The minimum absolute atomic E-state index is 0.289. The number of imidazole rings is 1. The maximum atomic E-state index is 5.81. The molecule has 2 N–H and O–H groups in total. The molecule has 0 unspecified atom stereocenters. The lowest BCUT2D eigenvalue weighted by atomic mass is 10.5. The molecule has 0 aromatic carbocycles. The molecule has 4 nitrogen and oxygen atoms in total. The number of hydrogen-bond acceptors (Lipinski definition) is 3. The quantitative estimate of drug-likeness (QED) is 0.707. The highest BCUT2D eigenvalue weighted by Crippen LogP contribution is 2.20. The van der Waals surface area contributed by atoms with E-state index in [1.165, 1.54) is 16.8 Å². The fourth-order valence-electron chi connectivity index (χ4n) is 0.920. The van der Waals surface area contributed by atoms with Crippen molar-refractivity contribution in [1.29, 1.82) is 0 Å². The summed E-state index contributed by atoms with van der Waals surface area (Å²) in [6.45, 7) is 0. The van der Waals surface area contributed by atoms with Gasteiger partial charge in [0.15, 0.2) is 10.8 Å². The van der Waals surface area contributed by atoms with E-state index in [1.54, 1.807) is 0 Å². The molecule has 12 heavy (non-hydrogen) atoms. The van der Waals surface area contributed by atoms with Crippen LogP contribution < -0.4 is 5.73 Å². The smallest absolute Gasteiger partial charge is 0.174 e. The Balaban J connectivity index is 2.92. The zero-order chi connectivity index (χ0) is 8.72. The normalized spacial score (nSPS) is 10.8. The molecule has 2 rings (SSSR count). The predicted octanol–water partition coefficient (Wildman–Crippen LogP) is 1.62. The van der Waals surface area contributed by atoms with Crippen molar-refractivity contribution in [3.05, 3.63) is 22.4 Å². The maximum absolute atomic E-state index is 5.81. The second-order valence-electron chi connectivity index (χ2n) is 2.23. The van der Waals surface area contributed by atoms with Crippen molar-refractivity contribution in [3.8, 4) is 0 Å². The summed E-state index contributed by atoms with van der Waals surface area (Å²) in [5.41, 5.74) is 6.05. The van der Waals surface area contributed by atoms with Crippen molar-refractivity contribution in [2.24, 2.45) is 0 Å². The number of rotatable bonds is 0. The molecule has 0 saturated heterocycles. The van der Waals surface area contributed by atoms with Crippen LogP contribution in [-0.4, -0.2) is 14.6 Å². The van der Waals surface area contributed by atoms with Crippen LogP contribution in [0.15, 0.2) is 12.3 Å². The van der Waals surface area contributed by atoms with Crippen molar-refractivity contribution < 1.29 is 0 Å². The Hall–Kier alpha value is -1.00. The molecule has 0 saturated carbocycles. The first-order chi connectivity index (χ1) is 5.68. The molecule has 6 heteroatoms. The number of nitrogen functional groups attached to an aromatic ring is 1. The lowest BCUT2D eigenvalue weighted by Gasteiger charge is -1.96. The van der Waals surface area contributed by atoms with Crippen LogP contribution in [0.5, 0.6) is 0 Å². The average Bonchev–Trinajstić information content (AvgIpc) is 2.33. The molecule has 0 bridgehead atoms. The van der Waals surface area contributed by atoms with Gasteiger partial charge in [-0.15, -0.1) is 0 Å². The molecule has 2 aromatic heterocycles. The zero-order valence-corrected chi connectivity index (χ0v) is 7.34. The second kappa shape index (κ2) is 2.50. The molecule has 0 aliphatic carbocycles. The molecule has 0 radical (unpaired) electrons.